The van der Waals surface area contributed by atoms with Crippen LogP contribution in [0.1, 0.15) is 0 Å². The summed E-state index contributed by atoms with van der Waals surface area (Å²) in [6.07, 6.45) is 0. The summed E-state index contributed by atoms with van der Waals surface area (Å²) in [5, 5.41) is 5.73. The largest absolute Gasteiger partial charge is 0.382 e. The Bertz CT molecular complexity index is 585. The second-order valence-electron chi connectivity index (χ2n) is 4.84. The van der Waals surface area contributed by atoms with Crippen LogP contribution in [0.2, 0.25) is 0 Å². The van der Waals surface area contributed by atoms with Crippen LogP contribution in [0.3, 0.4) is 0 Å². The van der Waals surface area contributed by atoms with E-state index in [-0.39, 0.29) is 10.9 Å². The molecule has 1 rings (SSSR count). The van der Waals surface area contributed by atoms with Gasteiger partial charge in [0.05, 0.1) is 5.69 Å². The fourth-order valence-corrected chi connectivity index (χ4v) is 2.62. The van der Waals surface area contributed by atoms with Gasteiger partial charge in [-0.1, -0.05) is 12.1 Å². The van der Waals surface area contributed by atoms with Gasteiger partial charge in [-0.05, 0) is 12.1 Å². The van der Waals surface area contributed by atoms with Crippen LogP contribution in [-0.4, -0.2) is 64.9 Å². The number of amides is 2. The highest BCUT2D eigenvalue weighted by molar-refractivity contribution is 7.89. The van der Waals surface area contributed by atoms with Gasteiger partial charge < -0.3 is 15.5 Å². The van der Waals surface area contributed by atoms with Crippen LogP contribution in [0, 0.1) is 0 Å². The smallest absolute Gasteiger partial charge is 0.316 e. The van der Waals surface area contributed by atoms with Crippen molar-refractivity contribution < 1.29 is 13.2 Å². The van der Waals surface area contributed by atoms with E-state index >= 15 is 0 Å². The molecule has 0 unspecified atom stereocenters. The van der Waals surface area contributed by atoms with E-state index in [0.717, 1.165) is 0 Å². The zero-order chi connectivity index (χ0) is 16.0. The van der Waals surface area contributed by atoms with Crippen LogP contribution >= 0.6 is 0 Å². The molecule has 8 heteroatoms. The monoisotopic (exact) mass is 314 g/mol. The van der Waals surface area contributed by atoms with Crippen molar-refractivity contribution >= 4 is 21.7 Å². The maximum atomic E-state index is 12.2. The van der Waals surface area contributed by atoms with Gasteiger partial charge in [0, 0.05) is 41.3 Å². The topological polar surface area (TPSA) is 81.8 Å². The fraction of sp³-hybridized carbons (Fsp3) is 0.462. The first-order valence-electron chi connectivity index (χ1n) is 6.47. The first-order valence-corrected chi connectivity index (χ1v) is 7.91. The molecule has 0 saturated heterocycles. The van der Waals surface area contributed by atoms with Gasteiger partial charge in [0.2, 0.25) is 10.0 Å². The maximum Gasteiger partial charge on any atom is 0.316 e. The van der Waals surface area contributed by atoms with Gasteiger partial charge in [-0.25, -0.2) is 17.5 Å². The minimum absolute atomic E-state index is 0.189. The number of urea groups is 1. The molecule has 1 aromatic rings. The van der Waals surface area contributed by atoms with Crippen LogP contribution in [0.15, 0.2) is 29.2 Å². The minimum atomic E-state index is -3.50. The molecule has 0 atom stereocenters. The molecular weight excluding hydrogens is 292 g/mol. The lowest BCUT2D eigenvalue weighted by molar-refractivity contribution is 0.218. The summed E-state index contributed by atoms with van der Waals surface area (Å²) in [6.45, 7) is 0.826. The number of hydrogen-bond acceptors (Lipinski definition) is 4. The number of anilines is 1. The number of carbonyl (C=O) groups is 1. The summed E-state index contributed by atoms with van der Waals surface area (Å²) in [7, 11) is 2.79. The van der Waals surface area contributed by atoms with Crippen molar-refractivity contribution in [1.29, 1.82) is 0 Å². The highest BCUT2D eigenvalue weighted by atomic mass is 32.2. The number of para-hydroxylation sites is 1. The Morgan fingerprint density at radius 1 is 1.10 bits per heavy atom. The van der Waals surface area contributed by atoms with Crippen molar-refractivity contribution in [2.45, 2.75) is 4.90 Å². The lowest BCUT2D eigenvalue weighted by Crippen LogP contribution is -2.37. The zero-order valence-corrected chi connectivity index (χ0v) is 13.6. The van der Waals surface area contributed by atoms with Gasteiger partial charge in [0.25, 0.3) is 0 Å². The number of rotatable bonds is 6. The Labute approximate surface area is 126 Å². The Hall–Kier alpha value is -1.80. The third kappa shape index (κ3) is 4.61. The average Bonchev–Trinajstić information content (AvgIpc) is 2.43. The van der Waals surface area contributed by atoms with E-state index in [2.05, 4.69) is 10.6 Å². The maximum absolute atomic E-state index is 12.2. The molecule has 0 spiro atoms. The molecule has 0 aromatic heterocycles. The van der Waals surface area contributed by atoms with Crippen LogP contribution in [0.25, 0.3) is 0 Å². The summed E-state index contributed by atoms with van der Waals surface area (Å²) >= 11 is 0. The molecule has 0 aliphatic heterocycles. The predicted octanol–water partition coefficient (Wildman–Crippen LogP) is 0.620. The molecule has 0 saturated carbocycles. The van der Waals surface area contributed by atoms with Crippen LogP contribution < -0.4 is 10.6 Å². The summed E-state index contributed by atoms with van der Waals surface area (Å²) < 4.78 is 25.6. The third-order valence-electron chi connectivity index (χ3n) is 2.77. The molecule has 0 heterocycles. The van der Waals surface area contributed by atoms with E-state index in [1.807, 2.05) is 0 Å². The molecule has 0 aliphatic carbocycles. The molecule has 21 heavy (non-hydrogen) atoms. The molecule has 0 aliphatic rings. The minimum Gasteiger partial charge on any atom is -0.382 e. The highest BCUT2D eigenvalue weighted by Gasteiger charge is 2.20. The Morgan fingerprint density at radius 3 is 2.29 bits per heavy atom. The van der Waals surface area contributed by atoms with Crippen molar-refractivity contribution in [3.8, 4) is 0 Å². The third-order valence-corrected chi connectivity index (χ3v) is 4.64. The van der Waals surface area contributed by atoms with Gasteiger partial charge in [0.15, 0.2) is 0 Å². The molecular formula is C13H22N4O3S. The highest BCUT2D eigenvalue weighted by Crippen LogP contribution is 2.22. The number of hydrogen-bond donors (Lipinski definition) is 2. The Morgan fingerprint density at radius 2 is 1.71 bits per heavy atom. The van der Waals surface area contributed by atoms with Crippen molar-refractivity contribution in [1.82, 2.24) is 14.5 Å². The second kappa shape index (κ2) is 7.28. The van der Waals surface area contributed by atoms with Gasteiger partial charge in [-0.2, -0.15) is 0 Å². The number of carbonyl (C=O) groups excluding carboxylic acids is 1. The molecule has 2 N–H and O–H groups in total. The van der Waals surface area contributed by atoms with Gasteiger partial charge in [-0.15, -0.1) is 0 Å². The normalized spacial score (nSPS) is 11.3. The standard InChI is InChI=1S/C13H22N4O3S/c1-16(2)13(18)15-10-9-14-11-7-5-6-8-12(11)21(19,20)17(3)4/h5-8,14H,9-10H2,1-4H3,(H,15,18). The van der Waals surface area contributed by atoms with E-state index < -0.39 is 10.0 Å². The first kappa shape index (κ1) is 17.3. The van der Waals surface area contributed by atoms with Crippen LogP contribution in [-0.2, 0) is 10.0 Å². The lowest BCUT2D eigenvalue weighted by atomic mass is 10.3. The van der Waals surface area contributed by atoms with Gasteiger partial charge >= 0.3 is 6.03 Å². The molecule has 118 valence electrons. The van der Waals surface area contributed by atoms with Crippen LogP contribution in [0.5, 0.6) is 0 Å². The Balaban J connectivity index is 2.71. The number of sulfonamides is 1. The summed E-state index contributed by atoms with van der Waals surface area (Å²) in [6, 6.07) is 6.50. The lowest BCUT2D eigenvalue weighted by Gasteiger charge is -2.17. The van der Waals surface area contributed by atoms with Gasteiger partial charge in [0.1, 0.15) is 4.90 Å². The zero-order valence-electron chi connectivity index (χ0n) is 12.8. The number of nitrogens with zero attached hydrogens (tertiary/aromatic N) is 2. The van der Waals surface area contributed by atoms with E-state index in [1.165, 1.54) is 23.3 Å². The fourth-order valence-electron chi connectivity index (χ4n) is 1.56. The van der Waals surface area contributed by atoms with Crippen molar-refractivity contribution in [3.63, 3.8) is 0 Å². The van der Waals surface area contributed by atoms with Crippen LogP contribution in [0.4, 0.5) is 10.5 Å². The second-order valence-corrected chi connectivity index (χ2v) is 6.96. The molecule has 1 aromatic carbocycles. The first-order chi connectivity index (χ1) is 9.76. The predicted molar refractivity (Wildman–Crippen MR) is 82.9 cm³/mol. The summed E-state index contributed by atoms with van der Waals surface area (Å²) in [5.41, 5.74) is 0.519. The van der Waals surface area contributed by atoms with E-state index in [4.69, 9.17) is 0 Å². The van der Waals surface area contributed by atoms with Gasteiger partial charge in [-0.3, -0.25) is 0 Å². The van der Waals surface area contributed by atoms with Crippen molar-refractivity contribution in [3.05, 3.63) is 24.3 Å². The molecule has 7 nitrogen and oxygen atoms in total. The van der Waals surface area contributed by atoms with E-state index in [9.17, 15) is 13.2 Å². The number of nitrogens with one attached hydrogen (secondary N) is 2. The molecule has 0 bridgehead atoms. The van der Waals surface area contributed by atoms with Crippen molar-refractivity contribution in [2.75, 3.05) is 46.6 Å². The molecule has 0 radical (unpaired) electrons. The Kier molecular flexibility index (Phi) is 5.98. The summed E-state index contributed by atoms with van der Waals surface area (Å²) in [5.74, 6) is 0. The van der Waals surface area contributed by atoms with Crippen molar-refractivity contribution in [2.24, 2.45) is 0 Å². The summed E-state index contributed by atoms with van der Waals surface area (Å²) in [4.78, 5) is 13.0. The van der Waals surface area contributed by atoms with E-state index in [1.54, 1.807) is 38.4 Å². The quantitative estimate of drug-likeness (QED) is 0.754. The number of benzene rings is 1. The SMILES string of the molecule is CN(C)C(=O)NCCNc1ccccc1S(=O)(=O)N(C)C. The molecule has 2 amide bonds. The van der Waals surface area contributed by atoms with E-state index in [0.29, 0.717) is 18.8 Å². The average molecular weight is 314 g/mol. The molecule has 0 fully saturated rings.